The molecular weight excluding hydrogens is 224 g/mol. The van der Waals surface area contributed by atoms with E-state index >= 15 is 0 Å². The Hall–Kier alpha value is -0.800. The fraction of sp³-hybridized carbons (Fsp3) is 0.733. The van der Waals surface area contributed by atoms with Crippen molar-refractivity contribution < 1.29 is 4.42 Å². The van der Waals surface area contributed by atoms with E-state index in [4.69, 9.17) is 4.42 Å². The third-order valence-electron chi connectivity index (χ3n) is 3.08. The molecule has 3 heteroatoms. The van der Waals surface area contributed by atoms with E-state index in [-0.39, 0.29) is 0 Å². The molecule has 0 aliphatic heterocycles. The molecule has 0 bridgehead atoms. The van der Waals surface area contributed by atoms with E-state index in [1.165, 1.54) is 0 Å². The zero-order valence-electron chi connectivity index (χ0n) is 12.5. The summed E-state index contributed by atoms with van der Waals surface area (Å²) in [5.74, 6) is 1.08. The molecule has 0 saturated heterocycles. The Bertz CT molecular complexity index is 317. The van der Waals surface area contributed by atoms with Crippen LogP contribution in [0.15, 0.2) is 22.8 Å². The molecule has 104 valence electrons. The quantitative estimate of drug-likeness (QED) is 0.771. The molecule has 18 heavy (non-hydrogen) atoms. The van der Waals surface area contributed by atoms with Crippen molar-refractivity contribution in [3.05, 3.63) is 24.2 Å². The van der Waals surface area contributed by atoms with Crippen LogP contribution < -0.4 is 5.32 Å². The molecule has 1 N–H and O–H groups in total. The third-order valence-corrected chi connectivity index (χ3v) is 3.08. The van der Waals surface area contributed by atoms with Crippen LogP contribution in [-0.2, 0) is 6.42 Å². The van der Waals surface area contributed by atoms with Crippen molar-refractivity contribution in [2.75, 3.05) is 27.2 Å². The van der Waals surface area contributed by atoms with Gasteiger partial charge in [0.1, 0.15) is 5.76 Å². The zero-order chi connectivity index (χ0) is 13.6. The summed E-state index contributed by atoms with van der Waals surface area (Å²) in [6.07, 6.45) is 3.87. The van der Waals surface area contributed by atoms with Gasteiger partial charge in [-0.25, -0.2) is 0 Å². The number of hydrogen-bond acceptors (Lipinski definition) is 3. The molecule has 0 radical (unpaired) electrons. The minimum absolute atomic E-state index is 0.308. The monoisotopic (exact) mass is 252 g/mol. The van der Waals surface area contributed by atoms with Gasteiger partial charge in [0, 0.05) is 25.6 Å². The summed E-state index contributed by atoms with van der Waals surface area (Å²) >= 11 is 0. The topological polar surface area (TPSA) is 28.4 Å². The molecule has 0 fully saturated rings. The van der Waals surface area contributed by atoms with Gasteiger partial charge in [-0.15, -0.1) is 0 Å². The van der Waals surface area contributed by atoms with Crippen molar-refractivity contribution in [2.45, 2.75) is 39.7 Å². The lowest BCUT2D eigenvalue weighted by Gasteiger charge is -2.30. The highest BCUT2D eigenvalue weighted by molar-refractivity contribution is 4.98. The summed E-state index contributed by atoms with van der Waals surface area (Å²) in [5.41, 5.74) is 0.308. The zero-order valence-corrected chi connectivity index (χ0v) is 12.5. The van der Waals surface area contributed by atoms with Gasteiger partial charge in [-0.2, -0.15) is 0 Å². The average Bonchev–Trinajstić information content (AvgIpc) is 2.74. The molecule has 0 aliphatic rings. The minimum atomic E-state index is 0.308. The van der Waals surface area contributed by atoms with E-state index in [0.717, 1.165) is 31.7 Å². The summed E-state index contributed by atoms with van der Waals surface area (Å²) in [7, 11) is 4.25. The Morgan fingerprint density at radius 3 is 2.67 bits per heavy atom. The number of furan rings is 1. The van der Waals surface area contributed by atoms with Crippen LogP contribution in [0.1, 0.15) is 33.0 Å². The van der Waals surface area contributed by atoms with Gasteiger partial charge in [0.05, 0.1) is 6.26 Å². The second-order valence-electron chi connectivity index (χ2n) is 6.30. The summed E-state index contributed by atoms with van der Waals surface area (Å²) in [4.78, 5) is 2.25. The highest BCUT2D eigenvalue weighted by atomic mass is 16.3. The van der Waals surface area contributed by atoms with Crippen molar-refractivity contribution in [1.82, 2.24) is 10.2 Å². The number of nitrogens with zero attached hydrogens (tertiary/aromatic N) is 1. The molecule has 0 spiro atoms. The molecule has 0 aliphatic carbocycles. The van der Waals surface area contributed by atoms with Gasteiger partial charge >= 0.3 is 0 Å². The molecule has 0 amide bonds. The fourth-order valence-corrected chi connectivity index (χ4v) is 2.28. The summed E-state index contributed by atoms with van der Waals surface area (Å²) in [6, 6.07) is 4.52. The van der Waals surface area contributed by atoms with Crippen LogP contribution in [0, 0.1) is 5.41 Å². The van der Waals surface area contributed by atoms with E-state index < -0.39 is 0 Å². The molecule has 3 nitrogen and oxygen atoms in total. The highest BCUT2D eigenvalue weighted by Crippen LogP contribution is 2.15. The van der Waals surface area contributed by atoms with Gasteiger partial charge in [0.15, 0.2) is 0 Å². The van der Waals surface area contributed by atoms with Gasteiger partial charge in [0.25, 0.3) is 0 Å². The van der Waals surface area contributed by atoms with Crippen LogP contribution in [0.2, 0.25) is 0 Å². The first-order valence-electron chi connectivity index (χ1n) is 6.79. The standard InChI is InChI=1S/C15H28N2O/c1-13(8-9-14-7-6-10-18-14)16-11-15(2,3)12-17(4)5/h6-7,10,13,16H,8-9,11-12H2,1-5H3. The van der Waals surface area contributed by atoms with Gasteiger partial charge in [0.2, 0.25) is 0 Å². The SMILES string of the molecule is CC(CCc1ccco1)NCC(C)(C)CN(C)C. The van der Waals surface area contributed by atoms with Crippen molar-refractivity contribution in [1.29, 1.82) is 0 Å². The van der Waals surface area contributed by atoms with Crippen molar-refractivity contribution in [2.24, 2.45) is 5.41 Å². The summed E-state index contributed by atoms with van der Waals surface area (Å²) in [6.45, 7) is 9.00. The lowest BCUT2D eigenvalue weighted by molar-refractivity contribution is 0.225. The molecule has 1 rings (SSSR count). The first kappa shape index (κ1) is 15.3. The number of hydrogen-bond donors (Lipinski definition) is 1. The maximum Gasteiger partial charge on any atom is 0.103 e. The Labute approximate surface area is 112 Å². The van der Waals surface area contributed by atoms with Crippen LogP contribution >= 0.6 is 0 Å². The van der Waals surface area contributed by atoms with Crippen molar-refractivity contribution in [3.63, 3.8) is 0 Å². The average molecular weight is 252 g/mol. The van der Waals surface area contributed by atoms with E-state index in [9.17, 15) is 0 Å². The predicted octanol–water partition coefficient (Wildman–Crippen LogP) is 2.78. The number of aryl methyl sites for hydroxylation is 1. The second-order valence-corrected chi connectivity index (χ2v) is 6.30. The van der Waals surface area contributed by atoms with E-state index in [1.54, 1.807) is 6.26 Å². The van der Waals surface area contributed by atoms with Gasteiger partial charge in [-0.3, -0.25) is 0 Å². The molecule has 1 unspecified atom stereocenters. The summed E-state index contributed by atoms with van der Waals surface area (Å²) < 4.78 is 5.35. The Balaban J connectivity index is 2.21. The molecule has 0 saturated carbocycles. The first-order chi connectivity index (χ1) is 8.39. The van der Waals surface area contributed by atoms with Crippen LogP contribution in [0.25, 0.3) is 0 Å². The molecule has 1 aromatic rings. The summed E-state index contributed by atoms with van der Waals surface area (Å²) in [5, 5.41) is 3.62. The van der Waals surface area contributed by atoms with Crippen molar-refractivity contribution in [3.8, 4) is 0 Å². The number of rotatable bonds is 8. The van der Waals surface area contributed by atoms with Crippen LogP contribution in [0.3, 0.4) is 0 Å². The Morgan fingerprint density at radius 2 is 2.11 bits per heavy atom. The predicted molar refractivity (Wildman–Crippen MR) is 76.8 cm³/mol. The maximum atomic E-state index is 5.35. The van der Waals surface area contributed by atoms with E-state index in [1.807, 2.05) is 12.1 Å². The largest absolute Gasteiger partial charge is 0.469 e. The van der Waals surface area contributed by atoms with Crippen LogP contribution in [-0.4, -0.2) is 38.1 Å². The Morgan fingerprint density at radius 1 is 1.39 bits per heavy atom. The number of nitrogens with one attached hydrogen (secondary N) is 1. The van der Waals surface area contributed by atoms with Crippen molar-refractivity contribution >= 4 is 0 Å². The van der Waals surface area contributed by atoms with Gasteiger partial charge in [-0.1, -0.05) is 13.8 Å². The lowest BCUT2D eigenvalue weighted by atomic mass is 9.92. The lowest BCUT2D eigenvalue weighted by Crippen LogP contribution is -2.40. The molecular formula is C15H28N2O. The second kappa shape index (κ2) is 6.95. The minimum Gasteiger partial charge on any atom is -0.469 e. The van der Waals surface area contributed by atoms with Gasteiger partial charge in [-0.05, 0) is 45.0 Å². The smallest absolute Gasteiger partial charge is 0.103 e. The van der Waals surface area contributed by atoms with E-state index in [2.05, 4.69) is 45.1 Å². The fourth-order valence-electron chi connectivity index (χ4n) is 2.28. The van der Waals surface area contributed by atoms with Crippen LogP contribution in [0.4, 0.5) is 0 Å². The highest BCUT2D eigenvalue weighted by Gasteiger charge is 2.19. The third kappa shape index (κ3) is 6.22. The van der Waals surface area contributed by atoms with E-state index in [0.29, 0.717) is 11.5 Å². The first-order valence-corrected chi connectivity index (χ1v) is 6.79. The molecule has 0 aromatic carbocycles. The molecule has 1 atom stereocenters. The van der Waals surface area contributed by atoms with Gasteiger partial charge < -0.3 is 14.6 Å². The molecule has 1 aromatic heterocycles. The van der Waals surface area contributed by atoms with Crippen LogP contribution in [0.5, 0.6) is 0 Å². The normalized spacial score (nSPS) is 14.1. The Kier molecular flexibility index (Phi) is 5.89. The molecule has 1 heterocycles. The maximum absolute atomic E-state index is 5.35.